The van der Waals surface area contributed by atoms with Crippen molar-refractivity contribution in [1.29, 1.82) is 0 Å². The van der Waals surface area contributed by atoms with Crippen LogP contribution >= 0.6 is 0 Å². The molecule has 1 amide bonds. The number of aromatic nitrogens is 1. The molecule has 2 aliphatic heterocycles. The predicted octanol–water partition coefficient (Wildman–Crippen LogP) is 4.38. The van der Waals surface area contributed by atoms with Crippen molar-refractivity contribution in [2.75, 3.05) is 52.3 Å². The lowest BCUT2D eigenvalue weighted by Gasteiger charge is -2.30. The third kappa shape index (κ3) is 7.83. The summed E-state index contributed by atoms with van der Waals surface area (Å²) in [5, 5.41) is 10.6. The molecule has 3 aromatic rings. The maximum Gasteiger partial charge on any atom is 0.308 e. The fourth-order valence-corrected chi connectivity index (χ4v) is 6.89. The molecule has 2 aliphatic rings. The van der Waals surface area contributed by atoms with Crippen molar-refractivity contribution in [3.05, 3.63) is 93.9 Å². The number of carbonyl (C=O) groups excluding carboxylic acids is 1. The molecule has 9 nitrogen and oxygen atoms in total. The van der Waals surface area contributed by atoms with Gasteiger partial charge in [0.05, 0.1) is 40.2 Å². The quantitative estimate of drug-likeness (QED) is 0.287. The number of hydrogen-bond acceptors (Lipinski definition) is 5. The lowest BCUT2D eigenvalue weighted by Crippen LogP contribution is -2.45. The molecule has 2 aromatic carbocycles. The second kappa shape index (κ2) is 14.0. The van der Waals surface area contributed by atoms with Crippen LogP contribution in [0.1, 0.15) is 48.8 Å². The van der Waals surface area contributed by atoms with Crippen LogP contribution in [0.5, 0.6) is 5.75 Å². The number of fused-ring (bicyclic) bond motifs is 1. The van der Waals surface area contributed by atoms with Crippen LogP contribution in [0.15, 0.2) is 71.7 Å². The maximum atomic E-state index is 14.2. The third-order valence-corrected chi connectivity index (χ3v) is 8.99. The van der Waals surface area contributed by atoms with Gasteiger partial charge in [-0.05, 0) is 48.2 Å². The molecule has 240 valence electrons. The first-order chi connectivity index (χ1) is 21.5. The average molecular weight is 616 g/mol. The fraction of sp³-hybridized carbons (Fsp3) is 0.472. The molecule has 0 saturated carbocycles. The molecule has 0 spiro atoms. The van der Waals surface area contributed by atoms with Crippen LogP contribution in [-0.2, 0) is 29.1 Å². The Bertz CT molecular complexity index is 1560. The van der Waals surface area contributed by atoms with Crippen LogP contribution in [-0.4, -0.2) is 84.4 Å². The first-order valence-electron chi connectivity index (χ1n) is 16.1. The molecule has 3 atom stereocenters. The zero-order valence-electron chi connectivity index (χ0n) is 27.0. The van der Waals surface area contributed by atoms with Crippen molar-refractivity contribution in [1.82, 2.24) is 9.47 Å². The number of nitrogens with zero attached hydrogens (tertiary/aromatic N) is 4. The Balaban J connectivity index is 1.45. The number of aryl methyl sites for hydroxylation is 1. The lowest BCUT2D eigenvalue weighted by atomic mass is 9.83. The number of carboxylic acid groups (broad SMARTS) is 1. The van der Waals surface area contributed by atoms with Gasteiger partial charge in [0.1, 0.15) is 12.3 Å². The van der Waals surface area contributed by atoms with Crippen LogP contribution in [0.25, 0.3) is 0 Å². The highest BCUT2D eigenvalue weighted by Gasteiger charge is 2.47. The Hall–Kier alpha value is -3.95. The summed E-state index contributed by atoms with van der Waals surface area (Å²) in [5.41, 5.74) is 3.96. The molecule has 1 N–H and O–H groups in total. The first-order valence-corrected chi connectivity index (χ1v) is 16.1. The van der Waals surface area contributed by atoms with Crippen LogP contribution < -0.4 is 15.2 Å². The summed E-state index contributed by atoms with van der Waals surface area (Å²) < 4.78 is 8.10. The number of carboxylic acids is 1. The Morgan fingerprint density at radius 3 is 2.62 bits per heavy atom. The highest BCUT2D eigenvalue weighted by atomic mass is 16.5. The third-order valence-electron chi connectivity index (χ3n) is 8.99. The standard InChI is InChI=1S/C36H46N4O5/c1-5-6-18-39(29-11-9-10-26(21-29)25-40(2,3)4)34(42)24-38-23-30(27-13-14-32-28(22-27)16-20-45-32)35(36(43)44)31(38)15-19-37-17-8-7-12-33(37)41/h7-14,17,21-22,30-31,35H,5-6,15-16,18-20,23-25H2,1-4H3/p+1/t30-,31+,35-/m1/s1. The van der Waals surface area contributed by atoms with Crippen molar-refractivity contribution < 1.29 is 23.9 Å². The maximum absolute atomic E-state index is 14.2. The van der Waals surface area contributed by atoms with Crippen LogP contribution in [0.2, 0.25) is 0 Å². The predicted molar refractivity (Wildman–Crippen MR) is 176 cm³/mol. The number of amides is 1. The van der Waals surface area contributed by atoms with Crippen LogP contribution in [0, 0.1) is 5.92 Å². The second-order valence-electron chi connectivity index (χ2n) is 13.5. The van der Waals surface area contributed by atoms with E-state index < -0.39 is 17.9 Å². The second-order valence-corrected chi connectivity index (χ2v) is 13.5. The van der Waals surface area contributed by atoms with Crippen molar-refractivity contribution in [2.24, 2.45) is 5.92 Å². The largest absolute Gasteiger partial charge is 0.493 e. The molecular formula is C36H47N4O5+. The van der Waals surface area contributed by atoms with E-state index in [4.69, 9.17) is 4.74 Å². The first kappa shape index (κ1) is 32.4. The minimum atomic E-state index is -0.882. The van der Waals surface area contributed by atoms with E-state index in [2.05, 4.69) is 51.2 Å². The Morgan fingerprint density at radius 1 is 1.07 bits per heavy atom. The van der Waals surface area contributed by atoms with Gasteiger partial charge in [-0.3, -0.25) is 19.3 Å². The summed E-state index contributed by atoms with van der Waals surface area (Å²) in [4.78, 5) is 43.6. The molecule has 1 aromatic heterocycles. The molecule has 0 aliphatic carbocycles. The van der Waals surface area contributed by atoms with E-state index in [9.17, 15) is 19.5 Å². The molecule has 5 rings (SSSR count). The summed E-state index contributed by atoms with van der Waals surface area (Å²) in [6, 6.07) is 18.8. The van der Waals surface area contributed by atoms with Gasteiger partial charge in [0, 0.05) is 61.5 Å². The number of ether oxygens (including phenoxy) is 1. The van der Waals surface area contributed by atoms with E-state index in [0.717, 1.165) is 58.4 Å². The molecule has 1 saturated heterocycles. The van der Waals surface area contributed by atoms with E-state index in [1.54, 1.807) is 22.9 Å². The van der Waals surface area contributed by atoms with Gasteiger partial charge in [0.25, 0.3) is 0 Å². The summed E-state index contributed by atoms with van der Waals surface area (Å²) in [5.74, 6) is -1.09. The van der Waals surface area contributed by atoms with E-state index in [1.165, 1.54) is 6.07 Å². The van der Waals surface area contributed by atoms with Crippen molar-refractivity contribution in [3.63, 3.8) is 0 Å². The van der Waals surface area contributed by atoms with Gasteiger partial charge in [-0.15, -0.1) is 0 Å². The summed E-state index contributed by atoms with van der Waals surface area (Å²) >= 11 is 0. The number of hydrogen-bond donors (Lipinski definition) is 1. The molecule has 9 heteroatoms. The Labute approximate surface area is 266 Å². The number of pyridine rings is 1. The number of unbranched alkanes of at least 4 members (excludes halogenated alkanes) is 1. The number of likely N-dealkylation sites (tertiary alicyclic amines) is 1. The van der Waals surface area contributed by atoms with Crippen molar-refractivity contribution in [2.45, 2.75) is 57.7 Å². The highest BCUT2D eigenvalue weighted by molar-refractivity contribution is 5.95. The van der Waals surface area contributed by atoms with Gasteiger partial charge in [-0.1, -0.05) is 43.7 Å². The molecular weight excluding hydrogens is 568 g/mol. The SMILES string of the molecule is CCCCN(C(=O)CN1C[C@H](c2ccc3c(c2)CCO3)[C@@H](C(=O)O)[C@@H]1CCn1ccccc1=O)c1cccc(C[N+](C)(C)C)c1. The Kier molecular flexibility index (Phi) is 10.1. The van der Waals surface area contributed by atoms with Crippen molar-refractivity contribution in [3.8, 4) is 5.75 Å². The number of benzene rings is 2. The average Bonchev–Trinajstić information content (AvgIpc) is 3.60. The van der Waals surface area contributed by atoms with Gasteiger partial charge in [0.2, 0.25) is 11.5 Å². The van der Waals surface area contributed by atoms with Crippen LogP contribution in [0.3, 0.4) is 0 Å². The van der Waals surface area contributed by atoms with E-state index in [0.29, 0.717) is 32.7 Å². The number of quaternary nitrogens is 1. The smallest absolute Gasteiger partial charge is 0.308 e. The zero-order chi connectivity index (χ0) is 32.1. The summed E-state index contributed by atoms with van der Waals surface area (Å²) in [6.07, 6.45) is 4.79. The number of rotatable bonds is 13. The Morgan fingerprint density at radius 2 is 1.89 bits per heavy atom. The van der Waals surface area contributed by atoms with Gasteiger partial charge < -0.3 is 23.8 Å². The molecule has 0 bridgehead atoms. The van der Waals surface area contributed by atoms with E-state index in [1.807, 2.05) is 29.2 Å². The zero-order valence-corrected chi connectivity index (χ0v) is 27.0. The van der Waals surface area contributed by atoms with Gasteiger partial charge in [0.15, 0.2) is 0 Å². The van der Waals surface area contributed by atoms with Gasteiger partial charge in [-0.25, -0.2) is 0 Å². The summed E-state index contributed by atoms with van der Waals surface area (Å²) in [7, 11) is 6.44. The molecule has 0 unspecified atom stereocenters. The van der Waals surface area contributed by atoms with E-state index >= 15 is 0 Å². The lowest BCUT2D eigenvalue weighted by molar-refractivity contribution is -0.884. The van der Waals surface area contributed by atoms with Gasteiger partial charge >= 0.3 is 5.97 Å². The normalized spacial score (nSPS) is 19.7. The molecule has 1 fully saturated rings. The minimum Gasteiger partial charge on any atom is -0.493 e. The monoisotopic (exact) mass is 615 g/mol. The number of carbonyl (C=O) groups is 2. The van der Waals surface area contributed by atoms with E-state index in [-0.39, 0.29) is 23.9 Å². The van der Waals surface area contributed by atoms with Gasteiger partial charge in [-0.2, -0.15) is 0 Å². The number of aliphatic carboxylic acids is 1. The van der Waals surface area contributed by atoms with Crippen molar-refractivity contribution >= 4 is 17.6 Å². The van der Waals surface area contributed by atoms with Crippen LogP contribution in [0.4, 0.5) is 5.69 Å². The minimum absolute atomic E-state index is 0.0418. The molecule has 0 radical (unpaired) electrons. The fourth-order valence-electron chi connectivity index (χ4n) is 6.89. The summed E-state index contributed by atoms with van der Waals surface area (Å²) in [6.45, 7) is 5.09. The topological polar surface area (TPSA) is 92.1 Å². The highest BCUT2D eigenvalue weighted by Crippen LogP contribution is 2.41. The number of anilines is 1. The molecule has 45 heavy (non-hydrogen) atoms. The molecule has 3 heterocycles.